The third-order valence-electron chi connectivity index (χ3n) is 4.82. The van der Waals surface area contributed by atoms with Crippen LogP contribution >= 0.6 is 23.7 Å². The summed E-state index contributed by atoms with van der Waals surface area (Å²) in [6.07, 6.45) is 2.86. The van der Waals surface area contributed by atoms with Crippen LogP contribution in [0.5, 0.6) is 0 Å². The molecule has 0 radical (unpaired) electrons. The van der Waals surface area contributed by atoms with E-state index in [1.54, 1.807) is 6.07 Å². The molecule has 1 aliphatic rings. The van der Waals surface area contributed by atoms with Crippen LogP contribution in [0, 0.1) is 0 Å². The fourth-order valence-corrected chi connectivity index (χ4v) is 5.35. The zero-order chi connectivity index (χ0) is 21.2. The number of methoxy groups -OCH3 is 1. The van der Waals surface area contributed by atoms with Crippen molar-refractivity contribution < 1.29 is 22.7 Å². The van der Waals surface area contributed by atoms with Gasteiger partial charge in [0.25, 0.3) is 5.91 Å². The average Bonchev–Trinajstić information content (AvgIpc) is 3.04. The van der Waals surface area contributed by atoms with Gasteiger partial charge in [-0.15, -0.1) is 23.7 Å². The summed E-state index contributed by atoms with van der Waals surface area (Å²) in [5.41, 5.74) is 1.54. The highest BCUT2D eigenvalue weighted by Crippen LogP contribution is 2.38. The molecule has 1 aromatic carbocycles. The number of ether oxygens (including phenoxy) is 1. The molecule has 2 heterocycles. The zero-order valence-corrected chi connectivity index (χ0v) is 19.5. The van der Waals surface area contributed by atoms with E-state index < -0.39 is 21.7 Å². The number of nitrogens with one attached hydrogen (secondary N) is 1. The van der Waals surface area contributed by atoms with Gasteiger partial charge in [0.15, 0.2) is 9.84 Å². The van der Waals surface area contributed by atoms with Crippen LogP contribution in [0.4, 0.5) is 5.00 Å². The minimum Gasteiger partial charge on any atom is -0.465 e. The van der Waals surface area contributed by atoms with E-state index in [1.807, 2.05) is 0 Å². The highest BCUT2D eigenvalue weighted by molar-refractivity contribution is 7.90. The standard InChI is InChI=1S/C20H24N2O5S2.ClH/c1-4-9-22-10-8-15-16(12-22)28-19(17(15)20(24)27-2)21-18(23)13-6-5-7-14(11-13)29(3,25)26;/h5-7,11H,4,8-10,12H2,1-3H3,(H,21,23);1H. The Bertz CT molecular complexity index is 1050. The first kappa shape index (κ1) is 24.3. The summed E-state index contributed by atoms with van der Waals surface area (Å²) in [6, 6.07) is 5.84. The quantitative estimate of drug-likeness (QED) is 0.648. The number of rotatable bonds is 6. The monoisotopic (exact) mass is 472 g/mol. The van der Waals surface area contributed by atoms with Crippen LogP contribution in [0.1, 0.15) is 44.5 Å². The number of anilines is 1. The van der Waals surface area contributed by atoms with Crippen molar-refractivity contribution in [3.63, 3.8) is 0 Å². The molecule has 1 amide bonds. The number of nitrogens with zero attached hydrogens (tertiary/aromatic N) is 1. The third-order valence-corrected chi connectivity index (χ3v) is 7.06. The van der Waals surface area contributed by atoms with Crippen LogP contribution in [0.15, 0.2) is 29.2 Å². The molecule has 0 saturated carbocycles. The largest absolute Gasteiger partial charge is 0.465 e. The number of carbonyl (C=O) groups is 2. The first-order valence-electron chi connectivity index (χ1n) is 9.31. The lowest BCUT2D eigenvalue weighted by Gasteiger charge is -2.26. The van der Waals surface area contributed by atoms with Gasteiger partial charge in [0.2, 0.25) is 0 Å². The number of amides is 1. The maximum atomic E-state index is 12.8. The maximum absolute atomic E-state index is 12.8. The van der Waals surface area contributed by atoms with Crippen LogP contribution in [-0.4, -0.2) is 51.6 Å². The molecule has 0 bridgehead atoms. The number of hydrogen-bond donors (Lipinski definition) is 1. The number of fused-ring (bicyclic) bond motifs is 1. The molecule has 0 atom stereocenters. The Morgan fingerprint density at radius 2 is 2.03 bits per heavy atom. The van der Waals surface area contributed by atoms with E-state index >= 15 is 0 Å². The first-order valence-corrected chi connectivity index (χ1v) is 12.0. The molecule has 10 heteroatoms. The lowest BCUT2D eigenvalue weighted by Crippen LogP contribution is -2.30. The van der Waals surface area contributed by atoms with Crippen LogP contribution < -0.4 is 5.32 Å². The summed E-state index contributed by atoms with van der Waals surface area (Å²) in [5, 5.41) is 3.23. The van der Waals surface area contributed by atoms with E-state index in [0.29, 0.717) is 10.6 Å². The molecule has 1 N–H and O–H groups in total. The molecule has 3 rings (SSSR count). The summed E-state index contributed by atoms with van der Waals surface area (Å²) in [4.78, 5) is 28.6. The molecular formula is C20H25ClN2O5S2. The van der Waals surface area contributed by atoms with Crippen LogP contribution in [0.3, 0.4) is 0 Å². The summed E-state index contributed by atoms with van der Waals surface area (Å²) in [7, 11) is -2.11. The Labute approximate surface area is 186 Å². The van der Waals surface area contributed by atoms with E-state index in [4.69, 9.17) is 4.74 Å². The fourth-order valence-electron chi connectivity index (χ4n) is 3.41. The van der Waals surface area contributed by atoms with E-state index in [1.165, 1.54) is 36.6 Å². The minimum absolute atomic E-state index is 0. The van der Waals surface area contributed by atoms with Gasteiger partial charge in [-0.05, 0) is 43.1 Å². The van der Waals surface area contributed by atoms with Gasteiger partial charge in [-0.25, -0.2) is 13.2 Å². The van der Waals surface area contributed by atoms with Crippen LogP contribution in [0.25, 0.3) is 0 Å². The van der Waals surface area contributed by atoms with Gasteiger partial charge in [0.1, 0.15) is 5.00 Å². The van der Waals surface area contributed by atoms with Crippen LogP contribution in [-0.2, 0) is 27.5 Å². The molecule has 0 fully saturated rings. The Hall–Kier alpha value is -1.94. The number of sulfone groups is 1. The van der Waals surface area contributed by atoms with Crippen molar-refractivity contribution in [3.05, 3.63) is 45.8 Å². The van der Waals surface area contributed by atoms with Crippen molar-refractivity contribution in [2.24, 2.45) is 0 Å². The third kappa shape index (κ3) is 5.21. The van der Waals surface area contributed by atoms with Gasteiger partial charge in [-0.1, -0.05) is 13.0 Å². The molecule has 164 valence electrons. The highest BCUT2D eigenvalue weighted by atomic mass is 35.5. The van der Waals surface area contributed by atoms with Crippen molar-refractivity contribution in [1.29, 1.82) is 0 Å². The Kier molecular flexibility index (Phi) is 8.04. The second-order valence-electron chi connectivity index (χ2n) is 6.98. The normalized spacial score (nSPS) is 13.8. The van der Waals surface area contributed by atoms with E-state index in [9.17, 15) is 18.0 Å². The Morgan fingerprint density at radius 1 is 1.30 bits per heavy atom. The predicted octanol–water partition coefficient (Wildman–Crippen LogP) is 3.38. The summed E-state index contributed by atoms with van der Waals surface area (Å²) in [5.74, 6) is -0.948. The van der Waals surface area contributed by atoms with Crippen molar-refractivity contribution in [2.45, 2.75) is 31.2 Å². The molecular weight excluding hydrogens is 448 g/mol. The number of hydrogen-bond acceptors (Lipinski definition) is 7. The molecule has 30 heavy (non-hydrogen) atoms. The molecule has 0 unspecified atom stereocenters. The van der Waals surface area contributed by atoms with E-state index in [-0.39, 0.29) is 22.9 Å². The highest BCUT2D eigenvalue weighted by Gasteiger charge is 2.29. The Balaban J connectivity index is 0.00000320. The molecule has 1 aliphatic heterocycles. The van der Waals surface area contributed by atoms with E-state index in [2.05, 4.69) is 17.1 Å². The summed E-state index contributed by atoms with van der Waals surface area (Å²) in [6.45, 7) is 4.69. The van der Waals surface area contributed by atoms with Crippen LogP contribution in [0.2, 0.25) is 0 Å². The molecule has 1 aromatic heterocycles. The maximum Gasteiger partial charge on any atom is 0.341 e. The van der Waals surface area contributed by atoms with Gasteiger partial charge in [0, 0.05) is 29.8 Å². The number of thiophene rings is 1. The van der Waals surface area contributed by atoms with Gasteiger partial charge in [0.05, 0.1) is 17.6 Å². The molecule has 0 saturated heterocycles. The molecule has 0 aliphatic carbocycles. The van der Waals surface area contributed by atoms with Gasteiger partial charge in [-0.3, -0.25) is 9.69 Å². The van der Waals surface area contributed by atoms with Gasteiger partial charge < -0.3 is 10.1 Å². The average molecular weight is 473 g/mol. The lowest BCUT2D eigenvalue weighted by molar-refractivity contribution is 0.0600. The smallest absolute Gasteiger partial charge is 0.341 e. The topological polar surface area (TPSA) is 92.8 Å². The van der Waals surface area contributed by atoms with Gasteiger partial charge in [-0.2, -0.15) is 0 Å². The SMILES string of the molecule is CCCN1CCc2c(sc(NC(=O)c3cccc(S(C)(=O)=O)c3)c2C(=O)OC)C1.Cl. The number of halogens is 1. The Morgan fingerprint density at radius 3 is 2.67 bits per heavy atom. The fraction of sp³-hybridized carbons (Fsp3) is 0.400. The predicted molar refractivity (Wildman–Crippen MR) is 120 cm³/mol. The zero-order valence-electron chi connectivity index (χ0n) is 17.1. The second-order valence-corrected chi connectivity index (χ2v) is 10.1. The molecule has 0 spiro atoms. The minimum atomic E-state index is -3.43. The summed E-state index contributed by atoms with van der Waals surface area (Å²) < 4.78 is 28.5. The molecule has 2 aromatic rings. The summed E-state index contributed by atoms with van der Waals surface area (Å²) >= 11 is 1.38. The van der Waals surface area contributed by atoms with Gasteiger partial charge >= 0.3 is 5.97 Å². The second kappa shape index (κ2) is 9.91. The number of benzene rings is 1. The van der Waals surface area contributed by atoms with Crippen molar-refractivity contribution >= 4 is 50.5 Å². The number of carbonyl (C=O) groups excluding carboxylic acids is 2. The lowest BCUT2D eigenvalue weighted by atomic mass is 10.0. The van der Waals surface area contributed by atoms with Crippen molar-refractivity contribution in [2.75, 3.05) is 31.8 Å². The van der Waals surface area contributed by atoms with E-state index in [0.717, 1.165) is 49.2 Å². The first-order chi connectivity index (χ1) is 13.7. The van der Waals surface area contributed by atoms with Crippen molar-refractivity contribution in [3.8, 4) is 0 Å². The van der Waals surface area contributed by atoms with Crippen molar-refractivity contribution in [1.82, 2.24) is 4.90 Å². The molecule has 7 nitrogen and oxygen atoms in total. The number of esters is 1.